The van der Waals surface area contributed by atoms with Crippen LogP contribution < -0.4 is 5.73 Å². The molecule has 2 rings (SSSR count). The lowest BCUT2D eigenvalue weighted by molar-refractivity contribution is 0.0106. The van der Waals surface area contributed by atoms with Crippen LogP contribution in [-0.4, -0.2) is 22.2 Å². The van der Waals surface area contributed by atoms with Gasteiger partial charge in [0.2, 0.25) is 0 Å². The van der Waals surface area contributed by atoms with Crippen LogP contribution in [0.15, 0.2) is 18.3 Å². The number of hydrogen-bond donors (Lipinski definition) is 2. The number of hydrogen-bond acceptors (Lipinski definition) is 3. The van der Waals surface area contributed by atoms with Gasteiger partial charge in [-0.2, -0.15) is 0 Å². The molecule has 1 aliphatic carbocycles. The fourth-order valence-corrected chi connectivity index (χ4v) is 2.79. The second-order valence-corrected chi connectivity index (χ2v) is 4.70. The van der Waals surface area contributed by atoms with Crippen molar-refractivity contribution in [2.75, 3.05) is 6.54 Å². The van der Waals surface area contributed by atoms with E-state index >= 15 is 0 Å². The Kier molecular flexibility index (Phi) is 3.26. The number of pyridine rings is 1. The fourth-order valence-electron chi connectivity index (χ4n) is 2.79. The van der Waals surface area contributed by atoms with Crippen LogP contribution in [0, 0.1) is 0 Å². The molecule has 0 fully saturated rings. The van der Waals surface area contributed by atoms with Crippen molar-refractivity contribution in [1.82, 2.24) is 4.98 Å². The summed E-state index contributed by atoms with van der Waals surface area (Å²) >= 11 is 0. The zero-order valence-electron chi connectivity index (χ0n) is 9.82. The predicted molar refractivity (Wildman–Crippen MR) is 64.2 cm³/mol. The molecule has 88 valence electrons. The van der Waals surface area contributed by atoms with Crippen LogP contribution in [0.4, 0.5) is 0 Å². The summed E-state index contributed by atoms with van der Waals surface area (Å²) in [6.45, 7) is 2.40. The van der Waals surface area contributed by atoms with Gasteiger partial charge >= 0.3 is 0 Å². The molecule has 0 radical (unpaired) electrons. The van der Waals surface area contributed by atoms with Gasteiger partial charge < -0.3 is 10.8 Å². The van der Waals surface area contributed by atoms with Crippen molar-refractivity contribution in [2.45, 2.75) is 44.1 Å². The normalized spacial score (nSPS) is 22.8. The average molecular weight is 220 g/mol. The predicted octanol–water partition coefficient (Wildman–Crippen LogP) is 1.60. The van der Waals surface area contributed by atoms with Gasteiger partial charge in [-0.25, -0.2) is 0 Å². The van der Waals surface area contributed by atoms with Crippen LogP contribution in [0.3, 0.4) is 0 Å². The highest BCUT2D eigenvalue weighted by Gasteiger charge is 2.40. The summed E-state index contributed by atoms with van der Waals surface area (Å²) in [4.78, 5) is 4.42. The lowest BCUT2D eigenvalue weighted by atomic mass is 9.82. The minimum Gasteiger partial charge on any atom is -0.388 e. The fraction of sp³-hybridized carbons (Fsp3) is 0.615. The van der Waals surface area contributed by atoms with Gasteiger partial charge in [-0.3, -0.25) is 4.98 Å². The van der Waals surface area contributed by atoms with Crippen LogP contribution in [0.2, 0.25) is 0 Å². The van der Waals surface area contributed by atoms with Crippen LogP contribution in [-0.2, 0) is 6.42 Å². The lowest BCUT2D eigenvalue weighted by Crippen LogP contribution is -2.43. The smallest absolute Gasteiger partial charge is 0.0852 e. The maximum atomic E-state index is 10.6. The minimum absolute atomic E-state index is 0.119. The molecule has 3 heteroatoms. The zero-order chi connectivity index (χ0) is 11.6. The summed E-state index contributed by atoms with van der Waals surface area (Å²) in [5.74, 6) is 0.119. The largest absolute Gasteiger partial charge is 0.388 e. The average Bonchev–Trinajstić information content (AvgIpc) is 2.73. The van der Waals surface area contributed by atoms with Gasteiger partial charge in [0.25, 0.3) is 0 Å². The molecule has 3 nitrogen and oxygen atoms in total. The topological polar surface area (TPSA) is 59.1 Å². The molecule has 1 heterocycles. The number of aliphatic hydroxyl groups is 1. The van der Waals surface area contributed by atoms with E-state index in [0.29, 0.717) is 6.54 Å². The molecule has 1 aromatic heterocycles. The van der Waals surface area contributed by atoms with Crippen molar-refractivity contribution in [1.29, 1.82) is 0 Å². The van der Waals surface area contributed by atoms with Crippen molar-refractivity contribution in [3.05, 3.63) is 29.6 Å². The van der Waals surface area contributed by atoms with E-state index < -0.39 is 5.60 Å². The third-order valence-electron chi connectivity index (χ3n) is 3.64. The standard InChI is InChI=1S/C13H20N2O/c1-2-7-13(16,9-14)11-6-5-10-4-3-8-15-12(10)11/h3-4,8,11,16H,2,5-7,9,14H2,1H3. The van der Waals surface area contributed by atoms with E-state index in [1.165, 1.54) is 5.56 Å². The molecule has 1 aromatic rings. The molecule has 0 amide bonds. The molecule has 2 unspecified atom stereocenters. The van der Waals surface area contributed by atoms with Gasteiger partial charge in [0.1, 0.15) is 0 Å². The Morgan fingerprint density at radius 1 is 1.62 bits per heavy atom. The number of fused-ring (bicyclic) bond motifs is 1. The first-order chi connectivity index (χ1) is 7.71. The molecule has 3 N–H and O–H groups in total. The molecule has 0 aliphatic heterocycles. The van der Waals surface area contributed by atoms with Crippen LogP contribution >= 0.6 is 0 Å². The SMILES string of the molecule is CCCC(O)(CN)C1CCc2cccnc21. The van der Waals surface area contributed by atoms with Gasteiger partial charge in [0.15, 0.2) is 0 Å². The van der Waals surface area contributed by atoms with Crippen molar-refractivity contribution in [2.24, 2.45) is 5.73 Å². The van der Waals surface area contributed by atoms with Crippen LogP contribution in [0.1, 0.15) is 43.4 Å². The van der Waals surface area contributed by atoms with Crippen LogP contribution in [0.5, 0.6) is 0 Å². The van der Waals surface area contributed by atoms with E-state index in [1.54, 1.807) is 6.20 Å². The van der Waals surface area contributed by atoms with Crippen LogP contribution in [0.25, 0.3) is 0 Å². The molecule has 0 bridgehead atoms. The summed E-state index contributed by atoms with van der Waals surface area (Å²) in [5, 5.41) is 10.6. The number of aromatic nitrogens is 1. The van der Waals surface area contributed by atoms with Gasteiger partial charge in [-0.05, 0) is 30.9 Å². The highest BCUT2D eigenvalue weighted by Crippen LogP contribution is 2.40. The van der Waals surface area contributed by atoms with E-state index in [9.17, 15) is 5.11 Å². The second kappa shape index (κ2) is 4.52. The highest BCUT2D eigenvalue weighted by molar-refractivity contribution is 5.31. The first-order valence-electron chi connectivity index (χ1n) is 6.07. The molecular formula is C13H20N2O. The molecule has 0 saturated heterocycles. The molecule has 0 spiro atoms. The Morgan fingerprint density at radius 2 is 2.44 bits per heavy atom. The van der Waals surface area contributed by atoms with E-state index in [2.05, 4.69) is 18.0 Å². The maximum Gasteiger partial charge on any atom is 0.0852 e. The van der Waals surface area contributed by atoms with Crippen molar-refractivity contribution >= 4 is 0 Å². The summed E-state index contributed by atoms with van der Waals surface area (Å²) in [7, 11) is 0. The van der Waals surface area contributed by atoms with Crippen molar-refractivity contribution < 1.29 is 5.11 Å². The molecule has 2 atom stereocenters. The van der Waals surface area contributed by atoms with Crippen molar-refractivity contribution in [3.63, 3.8) is 0 Å². The van der Waals surface area contributed by atoms with Gasteiger partial charge in [0.05, 0.1) is 5.60 Å². The number of nitrogens with two attached hydrogens (primary N) is 1. The Hall–Kier alpha value is -0.930. The first kappa shape index (κ1) is 11.6. The monoisotopic (exact) mass is 220 g/mol. The summed E-state index contributed by atoms with van der Waals surface area (Å²) in [6, 6.07) is 4.06. The van der Waals surface area contributed by atoms with Gasteiger partial charge in [-0.1, -0.05) is 19.4 Å². The quantitative estimate of drug-likeness (QED) is 0.810. The Bertz CT molecular complexity index is 367. The highest BCUT2D eigenvalue weighted by atomic mass is 16.3. The Morgan fingerprint density at radius 3 is 3.12 bits per heavy atom. The maximum absolute atomic E-state index is 10.6. The van der Waals surface area contributed by atoms with E-state index in [1.807, 2.05) is 6.07 Å². The Labute approximate surface area is 96.7 Å². The van der Waals surface area contributed by atoms with Crippen molar-refractivity contribution in [3.8, 4) is 0 Å². The van der Waals surface area contributed by atoms with E-state index in [4.69, 9.17) is 5.73 Å². The summed E-state index contributed by atoms with van der Waals surface area (Å²) < 4.78 is 0. The third-order valence-corrected chi connectivity index (χ3v) is 3.64. The zero-order valence-corrected chi connectivity index (χ0v) is 9.82. The summed E-state index contributed by atoms with van der Waals surface area (Å²) in [5.41, 5.74) is 7.32. The Balaban J connectivity index is 2.29. The first-order valence-corrected chi connectivity index (χ1v) is 6.07. The molecule has 16 heavy (non-hydrogen) atoms. The third kappa shape index (κ3) is 1.85. The molecular weight excluding hydrogens is 200 g/mol. The lowest BCUT2D eigenvalue weighted by Gasteiger charge is -2.32. The van der Waals surface area contributed by atoms with Gasteiger partial charge in [-0.15, -0.1) is 0 Å². The van der Waals surface area contributed by atoms with Gasteiger partial charge in [0, 0.05) is 24.4 Å². The summed E-state index contributed by atoms with van der Waals surface area (Å²) in [6.07, 6.45) is 5.50. The molecule has 1 aliphatic rings. The van der Waals surface area contributed by atoms with E-state index in [-0.39, 0.29) is 5.92 Å². The number of rotatable bonds is 4. The van der Waals surface area contributed by atoms with E-state index in [0.717, 1.165) is 31.4 Å². The molecule has 0 saturated carbocycles. The molecule has 0 aromatic carbocycles. The number of nitrogens with zero attached hydrogens (tertiary/aromatic N) is 1. The number of aryl methyl sites for hydroxylation is 1. The minimum atomic E-state index is -0.769. The second-order valence-electron chi connectivity index (χ2n) is 4.70.